The Morgan fingerprint density at radius 1 is 1.06 bits per heavy atom. The van der Waals surface area contributed by atoms with Crippen molar-refractivity contribution in [3.8, 4) is 0 Å². The number of fused-ring (bicyclic) bond motifs is 1. The van der Waals surface area contributed by atoms with Gasteiger partial charge in [0.25, 0.3) is 10.2 Å². The predicted octanol–water partition coefficient (Wildman–Crippen LogP) is 1.59. The molecule has 9 nitrogen and oxygen atoms in total. The smallest absolute Gasteiger partial charge is 0.279 e. The van der Waals surface area contributed by atoms with Crippen LogP contribution in [0.1, 0.15) is 11.1 Å². The van der Waals surface area contributed by atoms with Gasteiger partial charge in [-0.25, -0.2) is 14.7 Å². The molecule has 2 aromatic carbocycles. The first-order valence-electron chi connectivity index (χ1n) is 10.1. The van der Waals surface area contributed by atoms with Crippen LogP contribution in [0.25, 0.3) is 10.9 Å². The summed E-state index contributed by atoms with van der Waals surface area (Å²) >= 11 is 5.86. The van der Waals surface area contributed by atoms with Crippen molar-refractivity contribution in [2.45, 2.75) is 13.0 Å². The highest BCUT2D eigenvalue weighted by atomic mass is 35.5. The van der Waals surface area contributed by atoms with E-state index in [1.54, 1.807) is 17.0 Å². The second-order valence-electron chi connectivity index (χ2n) is 7.54. The number of nitrogens with one attached hydrogen (secondary N) is 1. The molecule has 0 spiro atoms. The SMILES string of the molecule is Nc1ncnc2cc(CN3CCN(S(=O)(=O)NCCc4ccc(Cl)cc4)CC3=O)ccc12. The summed E-state index contributed by atoms with van der Waals surface area (Å²) in [5, 5.41) is 1.38. The summed E-state index contributed by atoms with van der Waals surface area (Å²) in [5.41, 5.74) is 8.42. The van der Waals surface area contributed by atoms with Gasteiger partial charge in [-0.3, -0.25) is 4.79 Å². The fraction of sp³-hybridized carbons (Fsp3) is 0.286. The van der Waals surface area contributed by atoms with Crippen LogP contribution in [0.3, 0.4) is 0 Å². The van der Waals surface area contributed by atoms with E-state index in [-0.39, 0.29) is 25.5 Å². The van der Waals surface area contributed by atoms with Crippen LogP contribution < -0.4 is 10.5 Å². The lowest BCUT2D eigenvalue weighted by Crippen LogP contribution is -2.54. The average Bonchev–Trinajstić information content (AvgIpc) is 2.76. The Labute approximate surface area is 191 Å². The molecule has 1 saturated heterocycles. The molecule has 2 heterocycles. The second-order valence-corrected chi connectivity index (χ2v) is 9.73. The number of hydrogen-bond acceptors (Lipinski definition) is 6. The molecule has 0 unspecified atom stereocenters. The summed E-state index contributed by atoms with van der Waals surface area (Å²) in [6, 6.07) is 12.8. The Morgan fingerprint density at radius 2 is 1.81 bits per heavy atom. The van der Waals surface area contributed by atoms with E-state index in [1.807, 2.05) is 30.3 Å². The third-order valence-electron chi connectivity index (χ3n) is 5.34. The average molecular weight is 475 g/mol. The van der Waals surface area contributed by atoms with Crippen LogP contribution >= 0.6 is 11.6 Å². The minimum atomic E-state index is -3.75. The number of nitrogens with zero attached hydrogens (tertiary/aromatic N) is 4. The Morgan fingerprint density at radius 3 is 2.56 bits per heavy atom. The Balaban J connectivity index is 1.33. The molecule has 3 aromatic rings. The molecule has 1 amide bonds. The fourth-order valence-corrected chi connectivity index (χ4v) is 4.84. The number of nitrogens with two attached hydrogens (primary N) is 1. The fourth-order valence-electron chi connectivity index (χ4n) is 3.57. The summed E-state index contributed by atoms with van der Waals surface area (Å²) in [5.74, 6) is 0.154. The lowest BCUT2D eigenvalue weighted by atomic mass is 10.1. The maximum absolute atomic E-state index is 12.6. The van der Waals surface area contributed by atoms with Crippen LogP contribution in [-0.2, 0) is 28.0 Å². The van der Waals surface area contributed by atoms with E-state index in [2.05, 4.69) is 14.7 Å². The first-order chi connectivity index (χ1) is 15.3. The van der Waals surface area contributed by atoms with Crippen LogP contribution in [0.5, 0.6) is 0 Å². The Kier molecular flexibility index (Phi) is 6.56. The van der Waals surface area contributed by atoms with E-state index < -0.39 is 10.2 Å². The zero-order valence-electron chi connectivity index (χ0n) is 17.2. The van der Waals surface area contributed by atoms with Gasteiger partial charge in [0.05, 0.1) is 12.1 Å². The van der Waals surface area contributed by atoms with Crippen molar-refractivity contribution in [1.82, 2.24) is 23.9 Å². The van der Waals surface area contributed by atoms with Crippen LogP contribution in [0.4, 0.5) is 5.82 Å². The van der Waals surface area contributed by atoms with E-state index >= 15 is 0 Å². The highest BCUT2D eigenvalue weighted by Gasteiger charge is 2.31. The van der Waals surface area contributed by atoms with Gasteiger partial charge in [0.2, 0.25) is 5.91 Å². The van der Waals surface area contributed by atoms with Gasteiger partial charge in [-0.1, -0.05) is 29.8 Å². The van der Waals surface area contributed by atoms with Crippen molar-refractivity contribution in [2.75, 3.05) is 31.9 Å². The third kappa shape index (κ3) is 5.16. The van der Waals surface area contributed by atoms with Gasteiger partial charge in [0.1, 0.15) is 12.1 Å². The zero-order chi connectivity index (χ0) is 22.7. The molecule has 0 atom stereocenters. The topological polar surface area (TPSA) is 122 Å². The number of carbonyl (C=O) groups excluding carboxylic acids is 1. The maximum Gasteiger partial charge on any atom is 0.279 e. The van der Waals surface area contributed by atoms with Gasteiger partial charge in [-0.2, -0.15) is 12.7 Å². The monoisotopic (exact) mass is 474 g/mol. The molecule has 0 saturated carbocycles. The van der Waals surface area contributed by atoms with Crippen LogP contribution in [-0.4, -0.2) is 59.7 Å². The van der Waals surface area contributed by atoms with Crippen molar-refractivity contribution >= 4 is 44.4 Å². The van der Waals surface area contributed by atoms with Crippen LogP contribution in [0.15, 0.2) is 48.8 Å². The number of amides is 1. The lowest BCUT2D eigenvalue weighted by molar-refractivity contribution is -0.134. The van der Waals surface area contributed by atoms with E-state index in [4.69, 9.17) is 17.3 Å². The molecule has 4 rings (SSSR count). The standard InChI is InChI=1S/C21H23ClN6O3S/c22-17-4-1-15(2-5-17)7-8-26-32(30,31)28-10-9-27(20(29)13-28)12-16-3-6-18-19(11-16)24-14-25-21(18)23/h1-6,11,14,26H,7-10,12-13H2,(H2,23,24,25). The number of rotatable bonds is 7. The molecule has 1 aromatic heterocycles. The Hall–Kier alpha value is -2.79. The van der Waals surface area contributed by atoms with Crippen molar-refractivity contribution in [1.29, 1.82) is 0 Å². The van der Waals surface area contributed by atoms with E-state index in [0.717, 1.165) is 16.5 Å². The van der Waals surface area contributed by atoms with E-state index in [0.29, 0.717) is 35.9 Å². The molecular weight excluding hydrogens is 452 g/mol. The van der Waals surface area contributed by atoms with Gasteiger partial charge in [0.15, 0.2) is 0 Å². The van der Waals surface area contributed by atoms with E-state index in [9.17, 15) is 13.2 Å². The van der Waals surface area contributed by atoms with Gasteiger partial charge in [-0.05, 0) is 41.8 Å². The minimum Gasteiger partial charge on any atom is -0.383 e. The highest BCUT2D eigenvalue weighted by Crippen LogP contribution is 2.20. The summed E-state index contributed by atoms with van der Waals surface area (Å²) in [4.78, 5) is 22.5. The van der Waals surface area contributed by atoms with Crippen molar-refractivity contribution in [3.63, 3.8) is 0 Å². The number of anilines is 1. The molecule has 168 valence electrons. The number of carbonyl (C=O) groups is 1. The van der Waals surface area contributed by atoms with Gasteiger partial charge in [-0.15, -0.1) is 0 Å². The predicted molar refractivity (Wildman–Crippen MR) is 123 cm³/mol. The molecule has 0 bridgehead atoms. The molecule has 0 radical (unpaired) electrons. The second kappa shape index (κ2) is 9.37. The number of aromatic nitrogens is 2. The normalized spacial score (nSPS) is 15.4. The number of nitrogen functional groups attached to an aromatic ring is 1. The third-order valence-corrected chi connectivity index (χ3v) is 7.15. The van der Waals surface area contributed by atoms with Gasteiger partial charge < -0.3 is 10.6 Å². The van der Waals surface area contributed by atoms with Crippen molar-refractivity contribution < 1.29 is 13.2 Å². The largest absolute Gasteiger partial charge is 0.383 e. The summed E-state index contributed by atoms with van der Waals surface area (Å²) < 4.78 is 29.0. The Bertz CT molecular complexity index is 1240. The molecule has 1 fully saturated rings. The lowest BCUT2D eigenvalue weighted by Gasteiger charge is -2.33. The maximum atomic E-state index is 12.6. The molecule has 1 aliphatic rings. The molecule has 11 heteroatoms. The van der Waals surface area contributed by atoms with Crippen LogP contribution in [0, 0.1) is 0 Å². The molecule has 32 heavy (non-hydrogen) atoms. The van der Waals surface area contributed by atoms with Gasteiger partial charge >= 0.3 is 0 Å². The first-order valence-corrected chi connectivity index (χ1v) is 11.9. The number of halogens is 1. The zero-order valence-corrected chi connectivity index (χ0v) is 18.8. The number of hydrogen-bond donors (Lipinski definition) is 2. The highest BCUT2D eigenvalue weighted by molar-refractivity contribution is 7.87. The van der Waals surface area contributed by atoms with Crippen LogP contribution in [0.2, 0.25) is 5.02 Å². The van der Waals surface area contributed by atoms with Gasteiger partial charge in [0, 0.05) is 36.6 Å². The summed E-state index contributed by atoms with van der Waals surface area (Å²) in [6.07, 6.45) is 1.93. The number of piperazine rings is 1. The summed E-state index contributed by atoms with van der Waals surface area (Å²) in [7, 11) is -3.75. The number of benzene rings is 2. The minimum absolute atomic E-state index is 0.195. The first kappa shape index (κ1) is 22.4. The summed E-state index contributed by atoms with van der Waals surface area (Å²) in [6.45, 7) is 0.946. The molecule has 1 aliphatic heterocycles. The quantitative estimate of drug-likeness (QED) is 0.536. The van der Waals surface area contributed by atoms with Crippen molar-refractivity contribution in [3.05, 3.63) is 64.9 Å². The van der Waals surface area contributed by atoms with E-state index in [1.165, 1.54) is 10.6 Å². The molecule has 0 aliphatic carbocycles. The molecule has 3 N–H and O–H groups in total. The molecular formula is C21H23ClN6O3S. The van der Waals surface area contributed by atoms with Crippen molar-refractivity contribution in [2.24, 2.45) is 0 Å².